The van der Waals surface area contributed by atoms with Gasteiger partial charge in [-0.25, -0.2) is 13.6 Å². The molecule has 1 N–H and O–H groups in total. The molecule has 0 unspecified atom stereocenters. The number of carboxylic acids is 1. The summed E-state index contributed by atoms with van der Waals surface area (Å²) in [5.74, 6) is -1.52. The van der Waals surface area contributed by atoms with E-state index in [9.17, 15) is 13.6 Å². The first-order chi connectivity index (χ1) is 6.99. The van der Waals surface area contributed by atoms with Gasteiger partial charge in [-0.2, -0.15) is 5.26 Å². The van der Waals surface area contributed by atoms with Crippen molar-refractivity contribution in [2.24, 2.45) is 0 Å². The van der Waals surface area contributed by atoms with Crippen LogP contribution in [0, 0.1) is 18.3 Å². The summed E-state index contributed by atoms with van der Waals surface area (Å²) in [5.41, 5.74) is -1.67. The van der Waals surface area contributed by atoms with Crippen molar-refractivity contribution in [1.82, 2.24) is 4.98 Å². The van der Waals surface area contributed by atoms with Crippen LogP contribution in [0.2, 0.25) is 0 Å². The van der Waals surface area contributed by atoms with Crippen molar-refractivity contribution in [2.75, 3.05) is 0 Å². The highest BCUT2D eigenvalue weighted by atomic mass is 19.3. The quantitative estimate of drug-likeness (QED) is 0.812. The predicted molar refractivity (Wildman–Crippen MR) is 45.6 cm³/mol. The zero-order valence-electron chi connectivity index (χ0n) is 7.66. The van der Waals surface area contributed by atoms with E-state index in [4.69, 9.17) is 10.4 Å². The molecule has 0 fully saturated rings. The minimum absolute atomic E-state index is 0.0952. The minimum Gasteiger partial charge on any atom is -0.478 e. The summed E-state index contributed by atoms with van der Waals surface area (Å²) in [6.07, 6.45) is -2.17. The Balaban J connectivity index is 3.58. The number of aromatic nitrogens is 1. The van der Waals surface area contributed by atoms with Gasteiger partial charge < -0.3 is 5.11 Å². The van der Waals surface area contributed by atoms with E-state index >= 15 is 0 Å². The lowest BCUT2D eigenvalue weighted by atomic mass is 10.0. The number of aryl methyl sites for hydroxylation is 1. The number of carbonyl (C=O) groups is 1. The molecular formula is C9H6F2N2O2. The van der Waals surface area contributed by atoms with Crippen LogP contribution >= 0.6 is 0 Å². The second kappa shape index (κ2) is 4.00. The second-order valence-electron chi connectivity index (χ2n) is 2.76. The van der Waals surface area contributed by atoms with E-state index in [2.05, 4.69) is 4.98 Å². The summed E-state index contributed by atoms with van der Waals surface area (Å²) < 4.78 is 25.1. The molecule has 15 heavy (non-hydrogen) atoms. The van der Waals surface area contributed by atoms with Crippen LogP contribution in [0.25, 0.3) is 0 Å². The van der Waals surface area contributed by atoms with Crippen molar-refractivity contribution >= 4 is 5.97 Å². The predicted octanol–water partition coefficient (Wildman–Crippen LogP) is 1.90. The SMILES string of the molecule is Cc1ncc(C(=O)O)c(C(F)F)c1C#N. The number of pyridine rings is 1. The molecule has 0 saturated heterocycles. The van der Waals surface area contributed by atoms with E-state index < -0.39 is 23.5 Å². The van der Waals surface area contributed by atoms with Gasteiger partial charge in [-0.1, -0.05) is 0 Å². The summed E-state index contributed by atoms with van der Waals surface area (Å²) in [6.45, 7) is 1.37. The molecule has 0 saturated carbocycles. The van der Waals surface area contributed by atoms with Crippen molar-refractivity contribution < 1.29 is 18.7 Å². The highest BCUT2D eigenvalue weighted by Crippen LogP contribution is 2.27. The number of nitriles is 1. The maximum Gasteiger partial charge on any atom is 0.337 e. The number of nitrogens with zero attached hydrogens (tertiary/aromatic N) is 2. The molecule has 0 atom stereocenters. The Bertz CT molecular complexity index is 452. The van der Waals surface area contributed by atoms with E-state index in [1.54, 1.807) is 0 Å². The number of hydrogen-bond acceptors (Lipinski definition) is 3. The summed E-state index contributed by atoms with van der Waals surface area (Å²) in [6, 6.07) is 1.53. The standard InChI is InChI=1S/C9H6F2N2O2/c1-4-5(2-12)7(8(10)11)6(3-13-4)9(14)15/h3,8H,1H3,(H,14,15). The van der Waals surface area contributed by atoms with Gasteiger partial charge in [-0.3, -0.25) is 4.98 Å². The highest BCUT2D eigenvalue weighted by Gasteiger charge is 2.24. The first-order valence-electron chi connectivity index (χ1n) is 3.90. The molecular weight excluding hydrogens is 206 g/mol. The molecule has 0 aromatic carbocycles. The molecule has 0 aliphatic carbocycles. The highest BCUT2D eigenvalue weighted by molar-refractivity contribution is 5.90. The third-order valence-corrected chi connectivity index (χ3v) is 1.87. The van der Waals surface area contributed by atoms with Gasteiger partial charge in [-0.15, -0.1) is 0 Å². The van der Waals surface area contributed by atoms with Crippen molar-refractivity contribution in [3.63, 3.8) is 0 Å². The molecule has 0 aliphatic heterocycles. The van der Waals surface area contributed by atoms with E-state index in [0.29, 0.717) is 0 Å². The smallest absolute Gasteiger partial charge is 0.337 e. The fourth-order valence-electron chi connectivity index (χ4n) is 1.16. The summed E-state index contributed by atoms with van der Waals surface area (Å²) >= 11 is 0. The lowest BCUT2D eigenvalue weighted by molar-refractivity contribution is 0.0684. The fraction of sp³-hybridized carbons (Fsp3) is 0.222. The van der Waals surface area contributed by atoms with Gasteiger partial charge in [0.1, 0.15) is 6.07 Å². The first-order valence-corrected chi connectivity index (χ1v) is 3.90. The van der Waals surface area contributed by atoms with Gasteiger partial charge in [0.25, 0.3) is 6.43 Å². The topological polar surface area (TPSA) is 74.0 Å². The van der Waals surface area contributed by atoms with Crippen molar-refractivity contribution in [3.05, 3.63) is 28.6 Å². The van der Waals surface area contributed by atoms with Gasteiger partial charge >= 0.3 is 5.97 Å². The van der Waals surface area contributed by atoms with E-state index in [1.165, 1.54) is 13.0 Å². The maximum atomic E-state index is 12.6. The number of rotatable bonds is 2. The van der Waals surface area contributed by atoms with E-state index in [1.807, 2.05) is 0 Å². The molecule has 0 bridgehead atoms. The monoisotopic (exact) mass is 212 g/mol. The van der Waals surface area contributed by atoms with Crippen LogP contribution in [0.15, 0.2) is 6.20 Å². The maximum absolute atomic E-state index is 12.6. The Hall–Kier alpha value is -2.03. The number of aromatic carboxylic acids is 1. The summed E-state index contributed by atoms with van der Waals surface area (Å²) in [7, 11) is 0. The lowest BCUT2D eigenvalue weighted by Gasteiger charge is -2.08. The van der Waals surface area contributed by atoms with E-state index in [0.717, 1.165) is 6.20 Å². The van der Waals surface area contributed by atoms with Gasteiger partial charge in [0.05, 0.1) is 22.4 Å². The van der Waals surface area contributed by atoms with Crippen molar-refractivity contribution in [2.45, 2.75) is 13.3 Å². The zero-order chi connectivity index (χ0) is 11.6. The summed E-state index contributed by atoms with van der Waals surface area (Å²) in [5, 5.41) is 17.3. The molecule has 78 valence electrons. The Morgan fingerprint density at radius 2 is 2.27 bits per heavy atom. The molecule has 1 heterocycles. The van der Waals surface area contributed by atoms with Crippen LogP contribution in [0.3, 0.4) is 0 Å². The van der Waals surface area contributed by atoms with Crippen LogP contribution in [0.1, 0.15) is 33.6 Å². The average molecular weight is 212 g/mol. The van der Waals surface area contributed by atoms with Crippen LogP contribution in [-0.2, 0) is 0 Å². The van der Waals surface area contributed by atoms with Crippen LogP contribution in [0.5, 0.6) is 0 Å². The molecule has 0 aliphatic rings. The number of carboxylic acid groups (broad SMARTS) is 1. The number of halogens is 2. The third-order valence-electron chi connectivity index (χ3n) is 1.87. The molecule has 0 radical (unpaired) electrons. The molecule has 6 heteroatoms. The van der Waals surface area contributed by atoms with Crippen molar-refractivity contribution in [1.29, 1.82) is 5.26 Å². The Morgan fingerprint density at radius 3 is 2.67 bits per heavy atom. The Labute approximate surface area is 83.8 Å². The molecule has 1 aromatic heterocycles. The van der Waals surface area contributed by atoms with Crippen molar-refractivity contribution in [3.8, 4) is 6.07 Å². The van der Waals surface area contributed by atoms with Gasteiger partial charge in [-0.05, 0) is 6.92 Å². The molecule has 1 aromatic rings. The van der Waals surface area contributed by atoms with E-state index in [-0.39, 0.29) is 11.3 Å². The average Bonchev–Trinajstić information content (AvgIpc) is 2.16. The fourth-order valence-corrected chi connectivity index (χ4v) is 1.16. The van der Waals surface area contributed by atoms with Gasteiger partial charge in [0.15, 0.2) is 0 Å². The Morgan fingerprint density at radius 1 is 1.67 bits per heavy atom. The minimum atomic E-state index is -3.01. The summed E-state index contributed by atoms with van der Waals surface area (Å²) in [4.78, 5) is 14.2. The van der Waals surface area contributed by atoms with Gasteiger partial charge in [0.2, 0.25) is 0 Å². The lowest BCUT2D eigenvalue weighted by Crippen LogP contribution is -2.08. The first kappa shape index (κ1) is 11.0. The van der Waals surface area contributed by atoms with Crippen LogP contribution < -0.4 is 0 Å². The second-order valence-corrected chi connectivity index (χ2v) is 2.76. The number of alkyl halides is 2. The molecule has 1 rings (SSSR count). The molecule has 4 nitrogen and oxygen atoms in total. The molecule has 0 spiro atoms. The van der Waals surface area contributed by atoms with Gasteiger partial charge in [0, 0.05) is 6.20 Å². The number of hydrogen-bond donors (Lipinski definition) is 1. The largest absolute Gasteiger partial charge is 0.478 e. The zero-order valence-corrected chi connectivity index (χ0v) is 7.66. The normalized spacial score (nSPS) is 10.1. The van der Waals surface area contributed by atoms with Crippen LogP contribution in [-0.4, -0.2) is 16.1 Å². The molecule has 0 amide bonds. The third kappa shape index (κ3) is 1.91. The van der Waals surface area contributed by atoms with Crippen LogP contribution in [0.4, 0.5) is 8.78 Å². The Kier molecular flexibility index (Phi) is 2.95.